The van der Waals surface area contributed by atoms with E-state index in [0.29, 0.717) is 30.0 Å². The van der Waals surface area contributed by atoms with E-state index in [1.807, 2.05) is 60.9 Å². The molecule has 7 heteroatoms. The molecule has 0 fully saturated rings. The average Bonchev–Trinajstić information content (AvgIpc) is 2.88. The largest absolute Gasteiger partial charge is 0.326 e. The molecular weight excluding hydrogens is 414 g/mol. The van der Waals surface area contributed by atoms with Crippen LogP contribution in [0.25, 0.3) is 0 Å². The zero-order valence-electron chi connectivity index (χ0n) is 16.5. The van der Waals surface area contributed by atoms with Crippen molar-refractivity contribution in [3.8, 4) is 0 Å². The number of benzene rings is 2. The van der Waals surface area contributed by atoms with Gasteiger partial charge in [0.15, 0.2) is 0 Å². The van der Waals surface area contributed by atoms with E-state index in [4.69, 9.17) is 0 Å². The van der Waals surface area contributed by atoms with Crippen molar-refractivity contribution in [3.05, 3.63) is 72.4 Å². The normalized spacial score (nSPS) is 12.7. The van der Waals surface area contributed by atoms with Crippen LogP contribution in [-0.4, -0.2) is 29.6 Å². The minimum atomic E-state index is -0.0800. The van der Waals surface area contributed by atoms with Gasteiger partial charge in [-0.15, -0.1) is 11.8 Å². The second-order valence-corrected chi connectivity index (χ2v) is 8.68. The first-order valence-electron chi connectivity index (χ1n) is 9.63. The number of fused-ring (bicyclic) bond motifs is 2. The third kappa shape index (κ3) is 4.52. The van der Waals surface area contributed by atoms with Gasteiger partial charge in [-0.25, -0.2) is 4.98 Å². The number of nitrogens with one attached hydrogen (secondary N) is 1. The molecule has 30 heavy (non-hydrogen) atoms. The number of rotatable bonds is 6. The molecular formula is C23H21N3O2S2. The molecule has 0 spiro atoms. The number of carbonyl (C=O) groups excluding carboxylic acids is 2. The van der Waals surface area contributed by atoms with Crippen molar-refractivity contribution in [1.29, 1.82) is 0 Å². The topological polar surface area (TPSA) is 62.3 Å². The van der Waals surface area contributed by atoms with Crippen molar-refractivity contribution in [1.82, 2.24) is 4.98 Å². The maximum Gasteiger partial charge on any atom is 0.261 e. The van der Waals surface area contributed by atoms with E-state index in [-0.39, 0.29) is 11.8 Å². The summed E-state index contributed by atoms with van der Waals surface area (Å²) in [5, 5.41) is 3.65. The lowest BCUT2D eigenvalue weighted by Gasteiger charge is -2.22. The molecule has 1 aliphatic rings. The molecule has 0 radical (unpaired) electrons. The molecule has 2 heterocycles. The molecule has 2 aromatic carbocycles. The summed E-state index contributed by atoms with van der Waals surface area (Å²) in [4.78, 5) is 33.9. The van der Waals surface area contributed by atoms with E-state index in [2.05, 4.69) is 10.3 Å². The van der Waals surface area contributed by atoms with Crippen LogP contribution < -0.4 is 10.2 Å². The molecule has 0 saturated heterocycles. The molecule has 1 aromatic heterocycles. The van der Waals surface area contributed by atoms with Gasteiger partial charge in [0, 0.05) is 34.6 Å². The third-order valence-electron chi connectivity index (χ3n) is 4.75. The van der Waals surface area contributed by atoms with Crippen molar-refractivity contribution in [2.24, 2.45) is 0 Å². The standard InChI is InChI=1S/C23H21N3O2S2/c1-29-17-8-4-7-16(15-17)25-21(27)12-6-14-26-19-10-2-3-11-20(19)30-22-18(23(26)28)9-5-13-24-22/h2-5,7-11,13,15H,6,12,14H2,1H3,(H,25,27). The number of aromatic nitrogens is 1. The minimum absolute atomic E-state index is 0.0553. The Bertz CT molecular complexity index is 1090. The second-order valence-electron chi connectivity index (χ2n) is 6.77. The number of nitrogens with zero attached hydrogens (tertiary/aromatic N) is 2. The fraction of sp³-hybridized carbons (Fsp3) is 0.174. The van der Waals surface area contributed by atoms with Gasteiger partial charge in [0.05, 0.1) is 11.3 Å². The van der Waals surface area contributed by atoms with Crippen LogP contribution in [0.1, 0.15) is 23.2 Å². The van der Waals surface area contributed by atoms with E-state index in [1.165, 1.54) is 11.8 Å². The van der Waals surface area contributed by atoms with E-state index in [0.717, 1.165) is 21.2 Å². The Labute approximate surface area is 184 Å². The Kier molecular flexibility index (Phi) is 6.40. The van der Waals surface area contributed by atoms with Crippen LogP contribution in [0.2, 0.25) is 0 Å². The van der Waals surface area contributed by atoms with Gasteiger partial charge in [0.2, 0.25) is 5.91 Å². The second kappa shape index (κ2) is 9.36. The maximum absolute atomic E-state index is 13.2. The first kappa shape index (κ1) is 20.5. The van der Waals surface area contributed by atoms with Gasteiger partial charge in [-0.3, -0.25) is 9.59 Å². The monoisotopic (exact) mass is 435 g/mol. The third-order valence-corrected chi connectivity index (χ3v) is 6.56. The lowest BCUT2D eigenvalue weighted by Crippen LogP contribution is -2.32. The zero-order valence-corrected chi connectivity index (χ0v) is 18.1. The average molecular weight is 436 g/mol. The number of pyridine rings is 1. The molecule has 5 nitrogen and oxygen atoms in total. The Morgan fingerprint density at radius 3 is 2.87 bits per heavy atom. The van der Waals surface area contributed by atoms with Gasteiger partial charge >= 0.3 is 0 Å². The lowest BCUT2D eigenvalue weighted by molar-refractivity contribution is -0.116. The van der Waals surface area contributed by atoms with Crippen LogP contribution >= 0.6 is 23.5 Å². The first-order valence-corrected chi connectivity index (χ1v) is 11.7. The smallest absolute Gasteiger partial charge is 0.261 e. The van der Waals surface area contributed by atoms with E-state index < -0.39 is 0 Å². The van der Waals surface area contributed by atoms with Gasteiger partial charge < -0.3 is 10.2 Å². The summed E-state index contributed by atoms with van der Waals surface area (Å²) in [6.45, 7) is 0.461. The Morgan fingerprint density at radius 2 is 2.00 bits per heavy atom. The fourth-order valence-corrected chi connectivity index (χ4v) is 4.78. The zero-order chi connectivity index (χ0) is 20.9. The van der Waals surface area contributed by atoms with Crippen LogP contribution in [0.3, 0.4) is 0 Å². The van der Waals surface area contributed by atoms with E-state index >= 15 is 0 Å². The number of hydrogen-bond acceptors (Lipinski definition) is 5. The van der Waals surface area contributed by atoms with Crippen molar-refractivity contribution in [3.63, 3.8) is 0 Å². The summed E-state index contributed by atoms with van der Waals surface area (Å²) in [7, 11) is 0. The number of carbonyl (C=O) groups is 2. The Balaban J connectivity index is 1.45. The van der Waals surface area contributed by atoms with Crippen LogP contribution in [0.4, 0.5) is 11.4 Å². The molecule has 4 rings (SSSR count). The van der Waals surface area contributed by atoms with Crippen LogP contribution in [0.15, 0.2) is 81.7 Å². The number of para-hydroxylation sites is 1. The van der Waals surface area contributed by atoms with Crippen LogP contribution in [0.5, 0.6) is 0 Å². The Hall–Kier alpha value is -2.77. The quantitative estimate of drug-likeness (QED) is 0.530. The van der Waals surface area contributed by atoms with E-state index in [9.17, 15) is 9.59 Å². The lowest BCUT2D eigenvalue weighted by atomic mass is 10.2. The highest BCUT2D eigenvalue weighted by atomic mass is 32.2. The predicted octanol–water partition coefficient (Wildman–Crippen LogP) is 5.33. The molecule has 2 amide bonds. The SMILES string of the molecule is CSc1cccc(NC(=O)CCCN2C(=O)c3cccnc3Sc3ccccc32)c1. The van der Waals surface area contributed by atoms with Crippen LogP contribution in [0, 0.1) is 0 Å². The van der Waals surface area contributed by atoms with Gasteiger partial charge in [-0.05, 0) is 55.1 Å². The summed E-state index contributed by atoms with van der Waals surface area (Å²) >= 11 is 3.14. The summed E-state index contributed by atoms with van der Waals surface area (Å²) in [5.41, 5.74) is 2.25. The van der Waals surface area contributed by atoms with E-state index in [1.54, 1.807) is 28.9 Å². The molecule has 152 valence electrons. The highest BCUT2D eigenvalue weighted by Gasteiger charge is 2.27. The predicted molar refractivity (Wildman–Crippen MR) is 123 cm³/mol. The summed E-state index contributed by atoms with van der Waals surface area (Å²) < 4.78 is 0. The van der Waals surface area contributed by atoms with Crippen LogP contribution in [-0.2, 0) is 4.79 Å². The Morgan fingerprint density at radius 1 is 1.13 bits per heavy atom. The highest BCUT2D eigenvalue weighted by Crippen LogP contribution is 2.40. The van der Waals surface area contributed by atoms with Gasteiger partial charge in [0.1, 0.15) is 5.03 Å². The molecule has 0 saturated carbocycles. The van der Waals surface area contributed by atoms with Gasteiger partial charge in [-0.2, -0.15) is 0 Å². The fourth-order valence-electron chi connectivity index (χ4n) is 3.30. The minimum Gasteiger partial charge on any atom is -0.326 e. The first-order chi connectivity index (χ1) is 14.7. The number of amides is 2. The highest BCUT2D eigenvalue weighted by molar-refractivity contribution is 7.99. The summed E-state index contributed by atoms with van der Waals surface area (Å²) in [6, 6.07) is 19.2. The number of thioether (sulfide) groups is 1. The number of anilines is 2. The molecule has 0 atom stereocenters. The number of hydrogen-bond donors (Lipinski definition) is 1. The van der Waals surface area contributed by atoms with Crippen molar-refractivity contribution >= 4 is 46.7 Å². The molecule has 3 aromatic rings. The molecule has 0 bridgehead atoms. The van der Waals surface area contributed by atoms with Crippen molar-refractivity contribution in [2.75, 3.05) is 23.0 Å². The van der Waals surface area contributed by atoms with Gasteiger partial charge in [-0.1, -0.05) is 30.0 Å². The summed E-state index contributed by atoms with van der Waals surface area (Å²) in [6.07, 6.45) is 4.60. The summed E-state index contributed by atoms with van der Waals surface area (Å²) in [5.74, 6) is -0.135. The molecule has 0 unspecified atom stereocenters. The van der Waals surface area contributed by atoms with Crippen molar-refractivity contribution < 1.29 is 9.59 Å². The molecule has 1 aliphatic heterocycles. The molecule has 1 N–H and O–H groups in total. The molecule has 0 aliphatic carbocycles. The van der Waals surface area contributed by atoms with Gasteiger partial charge in [0.25, 0.3) is 5.91 Å². The maximum atomic E-state index is 13.2. The van der Waals surface area contributed by atoms with Crippen molar-refractivity contribution in [2.45, 2.75) is 27.7 Å².